The fraction of sp³-hybridized carbons (Fsp3) is 0.480. The maximum atomic E-state index is 12.8. The highest BCUT2D eigenvalue weighted by atomic mass is 32.1. The molecule has 1 fully saturated rings. The van der Waals surface area contributed by atoms with E-state index in [9.17, 15) is 9.59 Å². The molecule has 2 N–H and O–H groups in total. The van der Waals surface area contributed by atoms with Gasteiger partial charge in [-0.25, -0.2) is 4.98 Å². The molecular formula is C25H31N5O2S2. The Labute approximate surface area is 207 Å². The molecule has 180 valence electrons. The fourth-order valence-electron chi connectivity index (χ4n) is 4.75. The Hall–Kier alpha value is -2.33. The largest absolute Gasteiger partial charge is 0.355 e. The van der Waals surface area contributed by atoms with Crippen LogP contribution >= 0.6 is 22.7 Å². The van der Waals surface area contributed by atoms with Gasteiger partial charge in [0.15, 0.2) is 0 Å². The number of thiophene rings is 2. The van der Waals surface area contributed by atoms with E-state index in [1.54, 1.807) is 11.3 Å². The van der Waals surface area contributed by atoms with Gasteiger partial charge in [-0.15, -0.1) is 22.7 Å². The van der Waals surface area contributed by atoms with Crippen molar-refractivity contribution in [1.82, 2.24) is 25.1 Å². The number of hydrogen-bond donors (Lipinski definition) is 2. The topological polar surface area (TPSA) is 81.3 Å². The Morgan fingerprint density at radius 1 is 1.15 bits per heavy atom. The van der Waals surface area contributed by atoms with Crippen molar-refractivity contribution in [3.05, 3.63) is 50.7 Å². The summed E-state index contributed by atoms with van der Waals surface area (Å²) in [4.78, 5) is 39.3. The molecule has 34 heavy (non-hydrogen) atoms. The molecule has 0 saturated carbocycles. The lowest BCUT2D eigenvalue weighted by molar-refractivity contribution is -0.122. The molecule has 1 aliphatic carbocycles. The van der Waals surface area contributed by atoms with Crippen molar-refractivity contribution in [2.75, 3.05) is 39.3 Å². The van der Waals surface area contributed by atoms with Crippen molar-refractivity contribution in [2.24, 2.45) is 0 Å². The molecule has 0 atom stereocenters. The molecule has 3 aromatic heterocycles. The predicted molar refractivity (Wildman–Crippen MR) is 139 cm³/mol. The Kier molecular flexibility index (Phi) is 7.54. The summed E-state index contributed by atoms with van der Waals surface area (Å²) in [6, 6.07) is 4.03. The van der Waals surface area contributed by atoms with Crippen LogP contribution in [-0.4, -0.2) is 64.9 Å². The van der Waals surface area contributed by atoms with E-state index in [0.717, 1.165) is 54.4 Å². The van der Waals surface area contributed by atoms with E-state index in [4.69, 9.17) is 4.98 Å². The Morgan fingerprint density at radius 3 is 2.76 bits per heavy atom. The SMILES string of the molecule is O=C(CN1CCN(Cc2nc3scc(-c4cccs4)c3c(=O)[nH]2)CC1)NCCC1=CCCCC1. The first-order chi connectivity index (χ1) is 16.7. The van der Waals surface area contributed by atoms with E-state index in [2.05, 4.69) is 26.2 Å². The monoisotopic (exact) mass is 497 g/mol. The number of H-pyrrole nitrogens is 1. The smallest absolute Gasteiger partial charge is 0.260 e. The summed E-state index contributed by atoms with van der Waals surface area (Å²) in [7, 11) is 0. The Balaban J connectivity index is 1.10. The number of carbonyl (C=O) groups is 1. The van der Waals surface area contributed by atoms with Crippen LogP contribution in [0.15, 0.2) is 39.3 Å². The molecule has 2 aliphatic rings. The average Bonchev–Trinajstić information content (AvgIpc) is 3.51. The molecule has 9 heteroatoms. The number of allylic oxidation sites excluding steroid dienone is 1. The molecule has 0 aromatic carbocycles. The van der Waals surface area contributed by atoms with Crippen molar-refractivity contribution in [1.29, 1.82) is 0 Å². The van der Waals surface area contributed by atoms with Crippen LogP contribution in [0.2, 0.25) is 0 Å². The van der Waals surface area contributed by atoms with Gasteiger partial charge >= 0.3 is 0 Å². The van der Waals surface area contributed by atoms with Crippen molar-refractivity contribution < 1.29 is 4.79 Å². The molecule has 0 unspecified atom stereocenters. The summed E-state index contributed by atoms with van der Waals surface area (Å²) in [5.74, 6) is 0.820. The van der Waals surface area contributed by atoms with Crippen LogP contribution in [0.3, 0.4) is 0 Å². The Bertz CT molecular complexity index is 1210. The molecule has 1 aliphatic heterocycles. The van der Waals surface area contributed by atoms with Crippen LogP contribution in [0.4, 0.5) is 0 Å². The number of fused-ring (bicyclic) bond motifs is 1. The van der Waals surface area contributed by atoms with Gasteiger partial charge in [0.1, 0.15) is 10.7 Å². The number of amides is 1. The number of carbonyl (C=O) groups excluding carboxylic acids is 1. The number of hydrogen-bond acceptors (Lipinski definition) is 7. The van der Waals surface area contributed by atoms with E-state index in [-0.39, 0.29) is 11.5 Å². The molecule has 0 radical (unpaired) electrons. The summed E-state index contributed by atoms with van der Waals surface area (Å²) in [6.07, 6.45) is 8.28. The second kappa shape index (κ2) is 10.9. The normalized spacial score (nSPS) is 17.7. The van der Waals surface area contributed by atoms with Crippen LogP contribution in [-0.2, 0) is 11.3 Å². The molecule has 4 heterocycles. The Morgan fingerprint density at radius 2 is 2.00 bits per heavy atom. The lowest BCUT2D eigenvalue weighted by Gasteiger charge is -2.33. The zero-order valence-corrected chi connectivity index (χ0v) is 21.0. The number of aromatic nitrogens is 2. The highest BCUT2D eigenvalue weighted by Crippen LogP contribution is 2.33. The summed E-state index contributed by atoms with van der Waals surface area (Å²) < 4.78 is 0. The van der Waals surface area contributed by atoms with Gasteiger partial charge in [0, 0.05) is 48.5 Å². The van der Waals surface area contributed by atoms with Crippen molar-refractivity contribution in [2.45, 2.75) is 38.6 Å². The van der Waals surface area contributed by atoms with Gasteiger partial charge in [0.05, 0.1) is 18.5 Å². The van der Waals surface area contributed by atoms with Gasteiger partial charge in [-0.1, -0.05) is 17.7 Å². The van der Waals surface area contributed by atoms with E-state index in [0.29, 0.717) is 24.3 Å². The molecule has 1 saturated heterocycles. The van der Waals surface area contributed by atoms with Crippen LogP contribution in [0, 0.1) is 0 Å². The fourth-order valence-corrected chi connectivity index (χ4v) is 6.53. The van der Waals surface area contributed by atoms with Gasteiger partial charge in [-0.3, -0.25) is 19.4 Å². The van der Waals surface area contributed by atoms with Crippen LogP contribution in [0.1, 0.15) is 37.9 Å². The zero-order valence-electron chi connectivity index (χ0n) is 19.3. The van der Waals surface area contributed by atoms with Crippen molar-refractivity contribution in [3.8, 4) is 10.4 Å². The number of aromatic amines is 1. The van der Waals surface area contributed by atoms with E-state index >= 15 is 0 Å². The summed E-state index contributed by atoms with van der Waals surface area (Å²) in [5.41, 5.74) is 2.40. The van der Waals surface area contributed by atoms with E-state index in [1.807, 2.05) is 22.9 Å². The quantitative estimate of drug-likeness (QED) is 0.462. The zero-order chi connectivity index (χ0) is 23.3. The second-order valence-electron chi connectivity index (χ2n) is 9.08. The third-order valence-corrected chi connectivity index (χ3v) is 8.41. The highest BCUT2D eigenvalue weighted by Gasteiger charge is 2.21. The maximum absolute atomic E-state index is 12.8. The minimum Gasteiger partial charge on any atom is -0.355 e. The third kappa shape index (κ3) is 5.66. The molecule has 3 aromatic rings. The van der Waals surface area contributed by atoms with Crippen LogP contribution in [0.25, 0.3) is 20.7 Å². The van der Waals surface area contributed by atoms with Gasteiger partial charge < -0.3 is 10.3 Å². The standard InChI is InChI=1S/C25H31N5O2S2/c31-22(26-9-8-18-5-2-1-3-6-18)16-30-12-10-29(11-13-30)15-21-27-24(32)23-19(17-34-25(23)28-21)20-7-4-14-33-20/h4-5,7,14,17H,1-3,6,8-13,15-16H2,(H,26,31)(H,27,28,32). The molecule has 7 nitrogen and oxygen atoms in total. The first-order valence-corrected chi connectivity index (χ1v) is 13.9. The average molecular weight is 498 g/mol. The molecule has 1 amide bonds. The van der Waals surface area contributed by atoms with Gasteiger partial charge in [0.25, 0.3) is 5.56 Å². The van der Waals surface area contributed by atoms with Gasteiger partial charge in [-0.05, 0) is 43.6 Å². The number of nitrogens with one attached hydrogen (secondary N) is 2. The number of nitrogens with zero attached hydrogens (tertiary/aromatic N) is 3. The number of piperazine rings is 1. The summed E-state index contributed by atoms with van der Waals surface area (Å²) >= 11 is 3.16. The van der Waals surface area contributed by atoms with Gasteiger partial charge in [-0.2, -0.15) is 0 Å². The molecular weight excluding hydrogens is 466 g/mol. The minimum atomic E-state index is -0.0658. The lowest BCUT2D eigenvalue weighted by atomic mass is 9.97. The summed E-state index contributed by atoms with van der Waals surface area (Å²) in [5, 5.41) is 7.82. The third-order valence-electron chi connectivity index (χ3n) is 6.64. The van der Waals surface area contributed by atoms with Crippen molar-refractivity contribution in [3.63, 3.8) is 0 Å². The van der Waals surface area contributed by atoms with E-state index < -0.39 is 0 Å². The molecule has 5 rings (SSSR count). The first kappa shape index (κ1) is 23.4. The predicted octanol–water partition coefficient (Wildman–Crippen LogP) is 3.84. The van der Waals surface area contributed by atoms with Gasteiger partial charge in [0.2, 0.25) is 5.91 Å². The van der Waals surface area contributed by atoms with Crippen molar-refractivity contribution >= 4 is 38.8 Å². The highest BCUT2D eigenvalue weighted by molar-refractivity contribution is 7.18. The van der Waals surface area contributed by atoms with Crippen LogP contribution in [0.5, 0.6) is 0 Å². The maximum Gasteiger partial charge on any atom is 0.260 e. The molecule has 0 bridgehead atoms. The number of rotatable bonds is 8. The minimum absolute atomic E-state index is 0.0658. The van der Waals surface area contributed by atoms with Crippen LogP contribution < -0.4 is 10.9 Å². The lowest BCUT2D eigenvalue weighted by Crippen LogP contribution is -2.49. The molecule has 0 spiro atoms. The van der Waals surface area contributed by atoms with E-state index in [1.165, 1.54) is 42.6 Å². The summed E-state index contributed by atoms with van der Waals surface area (Å²) in [6.45, 7) is 5.20. The second-order valence-corrected chi connectivity index (χ2v) is 10.9. The first-order valence-electron chi connectivity index (χ1n) is 12.1.